The Bertz CT molecular complexity index is 1090. The van der Waals surface area contributed by atoms with Gasteiger partial charge in [-0.3, -0.25) is 9.69 Å². The summed E-state index contributed by atoms with van der Waals surface area (Å²) in [6.45, 7) is 2.83. The Morgan fingerprint density at radius 3 is 2.50 bits per heavy atom. The maximum atomic E-state index is 13.2. The molecule has 1 saturated heterocycles. The standard InChI is InChI=1S/C28H33NO5S2/c1-3-4-5-6-7-11-16-34-23-15-14-21(18-24(23)33-2)19-25-26(30)29(28(35)36-25)22(27(31)32)17-20-12-9-8-10-13-20/h8-10,12-15,18-19,22H,3-7,11,16-17H2,1-2H3,(H,31,32)/b25-19-. The van der Waals surface area contributed by atoms with Gasteiger partial charge in [-0.1, -0.05) is 99.4 Å². The predicted octanol–water partition coefficient (Wildman–Crippen LogP) is 6.33. The fraction of sp³-hybridized carbons (Fsp3) is 0.393. The Morgan fingerprint density at radius 1 is 1.08 bits per heavy atom. The summed E-state index contributed by atoms with van der Waals surface area (Å²) >= 11 is 6.51. The number of methoxy groups -OCH3 is 1. The maximum absolute atomic E-state index is 13.2. The van der Waals surface area contributed by atoms with E-state index in [1.54, 1.807) is 13.2 Å². The first-order chi connectivity index (χ1) is 17.4. The van der Waals surface area contributed by atoms with Crippen molar-refractivity contribution in [1.29, 1.82) is 0 Å². The van der Waals surface area contributed by atoms with Crippen molar-refractivity contribution in [3.05, 3.63) is 64.6 Å². The van der Waals surface area contributed by atoms with Gasteiger partial charge in [0.25, 0.3) is 5.91 Å². The highest BCUT2D eigenvalue weighted by atomic mass is 32.2. The third-order valence-corrected chi connectivity index (χ3v) is 7.26. The van der Waals surface area contributed by atoms with Crippen molar-refractivity contribution in [2.24, 2.45) is 0 Å². The van der Waals surface area contributed by atoms with Crippen LogP contribution in [0.5, 0.6) is 11.5 Å². The molecule has 1 atom stereocenters. The summed E-state index contributed by atoms with van der Waals surface area (Å²) < 4.78 is 11.7. The fourth-order valence-electron chi connectivity index (χ4n) is 3.98. The molecule has 3 rings (SSSR count). The van der Waals surface area contributed by atoms with E-state index in [9.17, 15) is 14.7 Å². The molecular formula is C28H33NO5S2. The lowest BCUT2D eigenvalue weighted by atomic mass is 10.0. The van der Waals surface area contributed by atoms with E-state index in [1.165, 1.54) is 30.6 Å². The van der Waals surface area contributed by atoms with Crippen molar-refractivity contribution in [1.82, 2.24) is 4.90 Å². The Hall–Kier alpha value is -2.84. The van der Waals surface area contributed by atoms with E-state index >= 15 is 0 Å². The molecule has 1 N–H and O–H groups in total. The number of unbranched alkanes of at least 4 members (excludes halogenated alkanes) is 5. The van der Waals surface area contributed by atoms with Crippen LogP contribution in [0.1, 0.15) is 56.6 Å². The Labute approximate surface area is 222 Å². The zero-order chi connectivity index (χ0) is 25.9. The van der Waals surface area contributed by atoms with Crippen molar-refractivity contribution < 1.29 is 24.2 Å². The summed E-state index contributed by atoms with van der Waals surface area (Å²) in [6, 6.07) is 13.6. The average molecular weight is 528 g/mol. The molecule has 1 unspecified atom stereocenters. The number of ether oxygens (including phenoxy) is 2. The van der Waals surface area contributed by atoms with Crippen LogP contribution in [0.3, 0.4) is 0 Å². The van der Waals surface area contributed by atoms with E-state index < -0.39 is 17.9 Å². The zero-order valence-electron chi connectivity index (χ0n) is 20.8. The molecule has 2 aromatic carbocycles. The predicted molar refractivity (Wildman–Crippen MR) is 148 cm³/mol. The number of nitrogens with zero attached hydrogens (tertiary/aromatic N) is 1. The number of carboxylic acid groups (broad SMARTS) is 1. The second kappa shape index (κ2) is 14.0. The van der Waals surface area contributed by atoms with Crippen LogP contribution in [0, 0.1) is 0 Å². The molecule has 1 aliphatic rings. The number of benzene rings is 2. The molecule has 36 heavy (non-hydrogen) atoms. The molecule has 0 aromatic heterocycles. The normalized spacial score (nSPS) is 15.4. The molecular weight excluding hydrogens is 494 g/mol. The molecule has 1 fully saturated rings. The second-order valence-electron chi connectivity index (χ2n) is 8.62. The number of amides is 1. The van der Waals surface area contributed by atoms with Crippen LogP contribution < -0.4 is 9.47 Å². The first-order valence-electron chi connectivity index (χ1n) is 12.3. The second-order valence-corrected chi connectivity index (χ2v) is 10.3. The van der Waals surface area contributed by atoms with Gasteiger partial charge < -0.3 is 14.6 Å². The number of carbonyl (C=O) groups excluding carboxylic acids is 1. The van der Waals surface area contributed by atoms with Gasteiger partial charge >= 0.3 is 5.97 Å². The van der Waals surface area contributed by atoms with Gasteiger partial charge in [-0.15, -0.1) is 0 Å². The number of hydrogen-bond acceptors (Lipinski definition) is 6. The molecule has 0 spiro atoms. The molecule has 0 radical (unpaired) electrons. The van der Waals surface area contributed by atoms with Gasteiger partial charge in [-0.05, 0) is 35.8 Å². The molecule has 1 amide bonds. The average Bonchev–Trinajstić information content (AvgIpc) is 3.15. The highest BCUT2D eigenvalue weighted by molar-refractivity contribution is 8.26. The molecule has 1 heterocycles. The number of thioether (sulfide) groups is 1. The smallest absolute Gasteiger partial charge is 0.327 e. The molecule has 2 aromatic rings. The Morgan fingerprint density at radius 2 is 1.81 bits per heavy atom. The molecule has 8 heteroatoms. The zero-order valence-corrected chi connectivity index (χ0v) is 22.4. The van der Waals surface area contributed by atoms with E-state index in [2.05, 4.69) is 6.92 Å². The minimum absolute atomic E-state index is 0.175. The summed E-state index contributed by atoms with van der Waals surface area (Å²) in [4.78, 5) is 26.8. The van der Waals surface area contributed by atoms with E-state index in [0.717, 1.165) is 35.7 Å². The number of carbonyl (C=O) groups is 2. The monoisotopic (exact) mass is 527 g/mol. The summed E-state index contributed by atoms with van der Waals surface area (Å²) in [5, 5.41) is 9.84. The van der Waals surface area contributed by atoms with Crippen LogP contribution in [0.25, 0.3) is 6.08 Å². The SMILES string of the molecule is CCCCCCCCOc1ccc(/C=C2\SC(=S)N(C(Cc3ccccc3)C(=O)O)C2=O)cc1OC. The van der Waals surface area contributed by atoms with Crippen molar-refractivity contribution in [3.8, 4) is 11.5 Å². The van der Waals surface area contributed by atoms with Crippen LogP contribution in [0.15, 0.2) is 53.4 Å². The van der Waals surface area contributed by atoms with Gasteiger partial charge in [-0.25, -0.2) is 4.79 Å². The largest absolute Gasteiger partial charge is 0.493 e. The van der Waals surface area contributed by atoms with Crippen molar-refractivity contribution in [2.45, 2.75) is 57.9 Å². The first-order valence-corrected chi connectivity index (χ1v) is 13.5. The van der Waals surface area contributed by atoms with Crippen LogP contribution in [-0.2, 0) is 16.0 Å². The Kier molecular flexibility index (Phi) is 10.8. The lowest BCUT2D eigenvalue weighted by Crippen LogP contribution is -2.45. The van der Waals surface area contributed by atoms with E-state index in [-0.39, 0.29) is 10.7 Å². The van der Waals surface area contributed by atoms with Gasteiger partial charge in [0, 0.05) is 6.42 Å². The molecule has 0 bridgehead atoms. The van der Waals surface area contributed by atoms with E-state index in [4.69, 9.17) is 21.7 Å². The summed E-state index contributed by atoms with van der Waals surface area (Å²) in [7, 11) is 1.58. The van der Waals surface area contributed by atoms with Crippen LogP contribution in [0.4, 0.5) is 0 Å². The lowest BCUT2D eigenvalue weighted by Gasteiger charge is -2.23. The van der Waals surface area contributed by atoms with E-state index in [0.29, 0.717) is 23.0 Å². The van der Waals surface area contributed by atoms with Crippen LogP contribution >= 0.6 is 24.0 Å². The highest BCUT2D eigenvalue weighted by Crippen LogP contribution is 2.36. The third kappa shape index (κ3) is 7.58. The summed E-state index contributed by atoms with van der Waals surface area (Å²) in [5.41, 5.74) is 1.57. The van der Waals surface area contributed by atoms with Crippen molar-refractivity contribution in [2.75, 3.05) is 13.7 Å². The third-order valence-electron chi connectivity index (χ3n) is 5.93. The molecule has 6 nitrogen and oxygen atoms in total. The minimum Gasteiger partial charge on any atom is -0.493 e. The topological polar surface area (TPSA) is 76.1 Å². The fourth-order valence-corrected chi connectivity index (χ4v) is 5.34. The van der Waals surface area contributed by atoms with Gasteiger partial charge in [-0.2, -0.15) is 0 Å². The quantitative estimate of drug-likeness (QED) is 0.175. The number of hydrogen-bond donors (Lipinski definition) is 1. The molecule has 0 saturated carbocycles. The van der Waals surface area contributed by atoms with Gasteiger partial charge in [0.15, 0.2) is 11.5 Å². The first kappa shape index (κ1) is 27.7. The number of aliphatic carboxylic acids is 1. The van der Waals surface area contributed by atoms with E-state index in [1.807, 2.05) is 48.5 Å². The number of carboxylic acids is 1. The number of thiocarbonyl (C=S) groups is 1. The van der Waals surface area contributed by atoms with Gasteiger partial charge in [0.2, 0.25) is 0 Å². The Balaban J connectivity index is 1.68. The van der Waals surface area contributed by atoms with Crippen LogP contribution in [-0.4, -0.2) is 46.0 Å². The van der Waals surface area contributed by atoms with Crippen LogP contribution in [0.2, 0.25) is 0 Å². The molecule has 192 valence electrons. The van der Waals surface area contributed by atoms with Crippen molar-refractivity contribution in [3.63, 3.8) is 0 Å². The van der Waals surface area contributed by atoms with Gasteiger partial charge in [0.1, 0.15) is 10.4 Å². The molecule has 0 aliphatic carbocycles. The van der Waals surface area contributed by atoms with Gasteiger partial charge in [0.05, 0.1) is 18.6 Å². The number of rotatable bonds is 14. The van der Waals surface area contributed by atoms with Crippen molar-refractivity contribution >= 4 is 46.3 Å². The lowest BCUT2D eigenvalue weighted by molar-refractivity contribution is -0.145. The maximum Gasteiger partial charge on any atom is 0.327 e. The molecule has 1 aliphatic heterocycles. The minimum atomic E-state index is -1.09. The summed E-state index contributed by atoms with van der Waals surface area (Å²) in [5.74, 6) is -0.261. The highest BCUT2D eigenvalue weighted by Gasteiger charge is 2.40. The summed E-state index contributed by atoms with van der Waals surface area (Å²) in [6.07, 6.45) is 9.01.